The summed E-state index contributed by atoms with van der Waals surface area (Å²) in [6, 6.07) is 22.2. The van der Waals surface area contributed by atoms with E-state index < -0.39 is 0 Å². The van der Waals surface area contributed by atoms with Crippen molar-refractivity contribution in [1.29, 1.82) is 0 Å². The van der Waals surface area contributed by atoms with Gasteiger partial charge in [-0.3, -0.25) is 15.0 Å². The van der Waals surface area contributed by atoms with Gasteiger partial charge >= 0.3 is 0 Å². The van der Waals surface area contributed by atoms with Crippen molar-refractivity contribution in [2.75, 3.05) is 0 Å². The molecule has 6 nitrogen and oxygen atoms in total. The lowest BCUT2D eigenvalue weighted by atomic mass is 9.88. The van der Waals surface area contributed by atoms with Gasteiger partial charge in [-0.15, -0.1) is 0 Å². The fourth-order valence-corrected chi connectivity index (χ4v) is 3.98. The first-order valence-corrected chi connectivity index (χ1v) is 12.8. The molecule has 0 N–H and O–H groups in total. The van der Waals surface area contributed by atoms with Gasteiger partial charge in [0.15, 0.2) is 17.5 Å². The molecular weight excluding hydrogens is 468 g/mol. The molecule has 0 radical (unpaired) electrons. The van der Waals surface area contributed by atoms with Gasteiger partial charge in [-0.25, -0.2) is 15.0 Å². The van der Waals surface area contributed by atoms with Crippen LogP contribution in [0.3, 0.4) is 0 Å². The van der Waals surface area contributed by atoms with Gasteiger partial charge in [0.05, 0.1) is 5.69 Å². The van der Waals surface area contributed by atoms with Crippen molar-refractivity contribution in [3.8, 4) is 45.7 Å². The average molecular weight is 501 g/mol. The van der Waals surface area contributed by atoms with Gasteiger partial charge in [0.25, 0.3) is 0 Å². The Morgan fingerprint density at radius 1 is 0.421 bits per heavy atom. The maximum Gasteiger partial charge on any atom is 0.182 e. The summed E-state index contributed by atoms with van der Waals surface area (Å²) in [7, 11) is 0. The third-order valence-electron chi connectivity index (χ3n) is 6.44. The summed E-state index contributed by atoms with van der Waals surface area (Å²) in [4.78, 5) is 28.4. The number of nitrogens with zero attached hydrogens (tertiary/aromatic N) is 6. The summed E-state index contributed by atoms with van der Waals surface area (Å²) in [6.45, 7) is 13.0. The van der Waals surface area contributed by atoms with Gasteiger partial charge < -0.3 is 0 Å². The first-order valence-electron chi connectivity index (χ1n) is 12.8. The second kappa shape index (κ2) is 9.86. The lowest BCUT2D eigenvalue weighted by Crippen LogP contribution is -2.12. The van der Waals surface area contributed by atoms with E-state index in [2.05, 4.69) is 58.7 Å². The van der Waals surface area contributed by atoms with Gasteiger partial charge in [0.1, 0.15) is 11.4 Å². The first kappa shape index (κ1) is 25.3. The molecule has 1 aromatic carbocycles. The van der Waals surface area contributed by atoms with E-state index in [9.17, 15) is 0 Å². The number of pyridine rings is 3. The van der Waals surface area contributed by atoms with Crippen molar-refractivity contribution in [1.82, 2.24) is 29.9 Å². The van der Waals surface area contributed by atoms with Gasteiger partial charge in [0, 0.05) is 29.7 Å². The zero-order valence-corrected chi connectivity index (χ0v) is 22.8. The summed E-state index contributed by atoms with van der Waals surface area (Å²) in [5.74, 6) is 1.53. The number of rotatable bonds is 4. The second-order valence-electron chi connectivity index (χ2n) is 11.5. The topological polar surface area (TPSA) is 77.3 Å². The molecule has 5 rings (SSSR count). The molecular formula is C32H32N6. The minimum absolute atomic E-state index is 0.00579. The van der Waals surface area contributed by atoms with Crippen molar-refractivity contribution in [2.24, 2.45) is 0 Å². The molecule has 5 aromatic rings. The van der Waals surface area contributed by atoms with Crippen LogP contribution < -0.4 is 0 Å². The van der Waals surface area contributed by atoms with Gasteiger partial charge in [-0.2, -0.15) is 0 Å². The standard InChI is InChI=1S/C32H32N6/c1-31(2,3)23-13-16-26(34-19-23)29-36-28(22-12-15-25(33-18-22)21-10-8-7-9-11-21)37-30(38-29)27-17-14-24(20-35-27)32(4,5)6/h7-20H,1-6H3. The molecule has 0 atom stereocenters. The van der Waals surface area contributed by atoms with Crippen LogP contribution in [-0.2, 0) is 10.8 Å². The molecule has 0 saturated heterocycles. The predicted molar refractivity (Wildman–Crippen MR) is 152 cm³/mol. The Labute approximate surface area is 224 Å². The molecule has 4 aromatic heterocycles. The third kappa shape index (κ3) is 5.49. The van der Waals surface area contributed by atoms with Crippen LogP contribution in [0.15, 0.2) is 85.3 Å². The molecule has 190 valence electrons. The van der Waals surface area contributed by atoms with Crippen LogP contribution in [0, 0.1) is 0 Å². The Bertz CT molecular complexity index is 1450. The minimum atomic E-state index is 0.00579. The van der Waals surface area contributed by atoms with Crippen molar-refractivity contribution in [3.63, 3.8) is 0 Å². The molecule has 6 heteroatoms. The third-order valence-corrected chi connectivity index (χ3v) is 6.44. The number of benzene rings is 1. The molecule has 4 heterocycles. The number of hydrogen-bond donors (Lipinski definition) is 0. The summed E-state index contributed by atoms with van der Waals surface area (Å²) in [5, 5.41) is 0. The Kier molecular flexibility index (Phi) is 6.57. The van der Waals surface area contributed by atoms with Crippen molar-refractivity contribution < 1.29 is 0 Å². The molecule has 0 amide bonds. The quantitative estimate of drug-likeness (QED) is 0.257. The zero-order chi connectivity index (χ0) is 26.9. The molecule has 0 aliphatic heterocycles. The van der Waals surface area contributed by atoms with Crippen molar-refractivity contribution >= 4 is 0 Å². The molecule has 0 aliphatic rings. The van der Waals surface area contributed by atoms with Crippen LogP contribution in [0.4, 0.5) is 0 Å². The van der Waals surface area contributed by atoms with E-state index in [1.807, 2.05) is 67.0 Å². The van der Waals surface area contributed by atoms with E-state index in [1.54, 1.807) is 6.20 Å². The maximum atomic E-state index is 4.80. The van der Waals surface area contributed by atoms with Gasteiger partial charge in [0.2, 0.25) is 0 Å². The summed E-state index contributed by atoms with van der Waals surface area (Å²) in [5.41, 5.74) is 6.42. The van der Waals surface area contributed by atoms with E-state index in [0.717, 1.165) is 27.9 Å². The highest BCUT2D eigenvalue weighted by molar-refractivity contribution is 5.66. The van der Waals surface area contributed by atoms with E-state index in [0.29, 0.717) is 28.9 Å². The van der Waals surface area contributed by atoms with Crippen LogP contribution in [0.25, 0.3) is 45.7 Å². The second-order valence-corrected chi connectivity index (χ2v) is 11.5. The molecule has 0 bridgehead atoms. The highest BCUT2D eigenvalue weighted by Crippen LogP contribution is 2.28. The molecule has 0 unspecified atom stereocenters. The zero-order valence-electron chi connectivity index (χ0n) is 22.8. The lowest BCUT2D eigenvalue weighted by Gasteiger charge is -2.18. The Morgan fingerprint density at radius 2 is 0.895 bits per heavy atom. The summed E-state index contributed by atoms with van der Waals surface area (Å²) >= 11 is 0. The Hall–Kier alpha value is -4.32. The molecule has 0 spiro atoms. The van der Waals surface area contributed by atoms with Gasteiger partial charge in [-0.05, 0) is 46.2 Å². The van der Waals surface area contributed by atoms with E-state index >= 15 is 0 Å². The van der Waals surface area contributed by atoms with Gasteiger partial charge in [-0.1, -0.05) is 84.0 Å². The monoisotopic (exact) mass is 500 g/mol. The van der Waals surface area contributed by atoms with E-state index in [1.165, 1.54) is 0 Å². The average Bonchev–Trinajstić information content (AvgIpc) is 2.92. The van der Waals surface area contributed by atoms with E-state index in [-0.39, 0.29) is 10.8 Å². The predicted octanol–water partition coefficient (Wildman–Crippen LogP) is 7.32. The number of hydrogen-bond acceptors (Lipinski definition) is 6. The SMILES string of the molecule is CC(C)(C)c1ccc(-c2nc(-c3ccc(-c4ccccc4)nc3)nc(-c3ccc(C(C)(C)C)cn3)n2)nc1. The highest BCUT2D eigenvalue weighted by Gasteiger charge is 2.18. The molecule has 0 aliphatic carbocycles. The fourth-order valence-electron chi connectivity index (χ4n) is 3.98. The first-order chi connectivity index (χ1) is 18.1. The van der Waals surface area contributed by atoms with Crippen molar-refractivity contribution in [3.05, 3.63) is 96.4 Å². The van der Waals surface area contributed by atoms with Crippen LogP contribution in [0.1, 0.15) is 52.7 Å². The normalized spacial score (nSPS) is 11.9. The maximum absolute atomic E-state index is 4.80. The van der Waals surface area contributed by atoms with Crippen LogP contribution in [0.5, 0.6) is 0 Å². The van der Waals surface area contributed by atoms with Crippen LogP contribution >= 0.6 is 0 Å². The highest BCUT2D eigenvalue weighted by atomic mass is 15.1. The Morgan fingerprint density at radius 3 is 1.32 bits per heavy atom. The molecule has 38 heavy (non-hydrogen) atoms. The smallest absolute Gasteiger partial charge is 0.182 e. The molecule has 0 saturated carbocycles. The van der Waals surface area contributed by atoms with E-state index in [4.69, 9.17) is 24.9 Å². The largest absolute Gasteiger partial charge is 0.255 e. The fraction of sp³-hybridized carbons (Fsp3) is 0.250. The number of aromatic nitrogens is 6. The minimum Gasteiger partial charge on any atom is -0.255 e. The van der Waals surface area contributed by atoms with Crippen LogP contribution in [-0.4, -0.2) is 29.9 Å². The lowest BCUT2D eigenvalue weighted by molar-refractivity contribution is 0.587. The summed E-state index contributed by atoms with van der Waals surface area (Å²) in [6.07, 6.45) is 5.59. The Balaban J connectivity index is 1.59. The van der Waals surface area contributed by atoms with Crippen molar-refractivity contribution in [2.45, 2.75) is 52.4 Å². The summed E-state index contributed by atoms with van der Waals surface area (Å²) < 4.78 is 0. The van der Waals surface area contributed by atoms with Crippen LogP contribution in [0.2, 0.25) is 0 Å². The molecule has 0 fully saturated rings.